The number of carbonyl (C=O) groups excluding carboxylic acids is 1. The molecule has 1 spiro atoms. The summed E-state index contributed by atoms with van der Waals surface area (Å²) < 4.78 is 12.2. The second-order valence-electron chi connectivity index (χ2n) is 15.4. The van der Waals surface area contributed by atoms with Gasteiger partial charge in [0, 0.05) is 52.9 Å². The average molecular weight is 729 g/mol. The van der Waals surface area contributed by atoms with E-state index < -0.39 is 17.2 Å². The van der Waals surface area contributed by atoms with Gasteiger partial charge in [0.25, 0.3) is 0 Å². The quantitative estimate of drug-likeness (QED) is 0.0550. The van der Waals surface area contributed by atoms with Gasteiger partial charge in [-0.1, -0.05) is 30.9 Å². The van der Waals surface area contributed by atoms with Crippen LogP contribution in [0.4, 0.5) is 5.69 Å². The summed E-state index contributed by atoms with van der Waals surface area (Å²) in [5.41, 5.74) is 2.69. The van der Waals surface area contributed by atoms with E-state index in [4.69, 9.17) is 21.7 Å². The number of aliphatic hydroxyl groups is 1. The molecule has 6 N–H and O–H groups in total. The Hall–Kier alpha value is -5.24. The van der Waals surface area contributed by atoms with Crippen LogP contribution in [0.5, 0.6) is 28.7 Å². The second kappa shape index (κ2) is 12.2. The van der Waals surface area contributed by atoms with E-state index in [0.29, 0.717) is 87.4 Å². The van der Waals surface area contributed by atoms with Crippen molar-refractivity contribution in [2.45, 2.75) is 69.0 Å². The number of aromatic hydroxyl groups is 3. The molecule has 4 aromatic rings. The van der Waals surface area contributed by atoms with E-state index in [0.717, 1.165) is 32.1 Å². The predicted molar refractivity (Wildman–Crippen MR) is 202 cm³/mol. The van der Waals surface area contributed by atoms with Crippen molar-refractivity contribution in [2.75, 3.05) is 11.9 Å². The van der Waals surface area contributed by atoms with Crippen molar-refractivity contribution >= 4 is 29.0 Å². The maximum Gasteiger partial charge on any atom is 0.340 e. The minimum absolute atomic E-state index is 0.00655. The summed E-state index contributed by atoms with van der Waals surface area (Å²) >= 11 is 5.59. The van der Waals surface area contributed by atoms with Crippen LogP contribution in [0.3, 0.4) is 0 Å². The van der Waals surface area contributed by atoms with Crippen LogP contribution in [0.2, 0.25) is 0 Å². The van der Waals surface area contributed by atoms with Crippen molar-refractivity contribution in [3.63, 3.8) is 0 Å². The number of carbonyl (C=O) groups is 1. The minimum Gasteiger partial charge on any atom is -0.508 e. The Bertz CT molecular complexity index is 2230. The van der Waals surface area contributed by atoms with Crippen molar-refractivity contribution in [2.24, 2.45) is 17.3 Å². The molecule has 5 aliphatic rings. The van der Waals surface area contributed by atoms with E-state index in [1.54, 1.807) is 18.2 Å². The molecule has 0 radical (unpaired) electrons. The van der Waals surface area contributed by atoms with Crippen LogP contribution in [0.25, 0.3) is 0 Å². The van der Waals surface area contributed by atoms with Gasteiger partial charge in [-0.3, -0.25) is 0 Å². The number of ether oxygens (including phenoxy) is 2. The number of thiocarbonyl (C=S) groups is 1. The first-order valence-electron chi connectivity index (χ1n) is 18.3. The smallest absolute Gasteiger partial charge is 0.340 e. The molecular weight excluding hydrogens is 689 g/mol. The van der Waals surface area contributed by atoms with Crippen LogP contribution >= 0.6 is 12.2 Å². The Morgan fingerprint density at radius 3 is 2.34 bits per heavy atom. The highest BCUT2D eigenvalue weighted by Gasteiger charge is 2.61. The lowest BCUT2D eigenvalue weighted by atomic mass is 9.53. The van der Waals surface area contributed by atoms with E-state index in [1.165, 1.54) is 35.4 Å². The minimum atomic E-state index is -1.33. The summed E-state index contributed by atoms with van der Waals surface area (Å²) in [4.78, 5) is 13.5. The number of nitrogens with one attached hydrogen (secondary N) is 2. The summed E-state index contributed by atoms with van der Waals surface area (Å²) in [7, 11) is 0. The first-order chi connectivity index (χ1) is 25.5. The van der Waals surface area contributed by atoms with Crippen molar-refractivity contribution in [3.8, 4) is 40.6 Å². The number of rotatable bonds is 3. The van der Waals surface area contributed by atoms with Crippen molar-refractivity contribution < 1.29 is 34.7 Å². The lowest BCUT2D eigenvalue weighted by molar-refractivity contribution is -0.0648. The van der Waals surface area contributed by atoms with Gasteiger partial charge in [-0.15, -0.1) is 0 Å². The fraction of sp³-hybridized carbons (Fsp3) is 0.349. The molecular formula is C43H40N2O7S. The molecule has 2 fully saturated rings. The van der Waals surface area contributed by atoms with Gasteiger partial charge < -0.3 is 40.5 Å². The molecule has 53 heavy (non-hydrogen) atoms. The van der Waals surface area contributed by atoms with Gasteiger partial charge in [-0.25, -0.2) is 4.79 Å². The zero-order chi connectivity index (χ0) is 36.7. The van der Waals surface area contributed by atoms with E-state index in [1.807, 2.05) is 24.3 Å². The highest BCUT2D eigenvalue weighted by atomic mass is 32.1. The monoisotopic (exact) mass is 728 g/mol. The number of aryl methyl sites for hydroxylation is 1. The summed E-state index contributed by atoms with van der Waals surface area (Å²) in [6, 6.07) is 20.5. The maximum atomic E-state index is 13.5. The van der Waals surface area contributed by atoms with E-state index >= 15 is 0 Å². The number of fused-ring (bicyclic) bond motifs is 11. The number of phenolic OH excluding ortho intramolecular Hbond substituents is 3. The summed E-state index contributed by atoms with van der Waals surface area (Å²) in [5, 5.41) is 49.1. The molecule has 2 heterocycles. The number of phenols is 3. The zero-order valence-corrected chi connectivity index (χ0v) is 30.1. The molecule has 9 rings (SSSR count). The molecule has 0 saturated heterocycles. The van der Waals surface area contributed by atoms with Gasteiger partial charge in [-0.05, 0) is 128 Å². The third kappa shape index (κ3) is 5.16. The largest absolute Gasteiger partial charge is 0.508 e. The van der Waals surface area contributed by atoms with Crippen LogP contribution in [0, 0.1) is 29.1 Å². The highest BCUT2D eigenvalue weighted by molar-refractivity contribution is 7.80. The predicted octanol–water partition coefficient (Wildman–Crippen LogP) is 7.34. The number of hydrogen-bond acceptors (Lipinski definition) is 8. The molecule has 0 amide bonds. The fourth-order valence-electron chi connectivity index (χ4n) is 10.2. The molecule has 9 nitrogen and oxygen atoms in total. The fourth-order valence-corrected chi connectivity index (χ4v) is 10.4. The lowest BCUT2D eigenvalue weighted by Crippen LogP contribution is -2.50. The third-order valence-corrected chi connectivity index (χ3v) is 13.0. The van der Waals surface area contributed by atoms with E-state index in [-0.39, 0.29) is 16.9 Å². The molecule has 0 bridgehead atoms. The number of esters is 1. The van der Waals surface area contributed by atoms with E-state index in [9.17, 15) is 25.2 Å². The average Bonchev–Trinajstić information content (AvgIpc) is 3.57. The highest BCUT2D eigenvalue weighted by Crippen LogP contribution is 2.64. The Balaban J connectivity index is 0.862. The lowest BCUT2D eigenvalue weighted by Gasteiger charge is -2.52. The SMILES string of the molecule is C[C@]12CC[C@@H]3c4ccc(O)cc4CC[C@H]3[C@@H]1CC[C@@]2(O)C#CCCNC(=S)Nc1ccc2c(c1)C(=O)OC21c2ccc(O)cc2Oc2cc(O)ccc21. The van der Waals surface area contributed by atoms with Crippen molar-refractivity contribution in [1.82, 2.24) is 5.32 Å². The number of anilines is 1. The van der Waals surface area contributed by atoms with Crippen molar-refractivity contribution in [3.05, 3.63) is 106 Å². The Morgan fingerprint density at radius 1 is 0.887 bits per heavy atom. The van der Waals surface area contributed by atoms with Crippen molar-refractivity contribution in [1.29, 1.82) is 0 Å². The van der Waals surface area contributed by atoms with Gasteiger partial charge in [0.05, 0.1) is 5.56 Å². The molecule has 3 aliphatic carbocycles. The van der Waals surface area contributed by atoms with Crippen LogP contribution in [-0.2, 0) is 16.8 Å². The first-order valence-corrected chi connectivity index (χ1v) is 18.7. The Labute approximate surface area is 313 Å². The van der Waals surface area contributed by atoms with E-state index in [2.05, 4.69) is 35.5 Å². The van der Waals surface area contributed by atoms with Crippen LogP contribution < -0.4 is 15.4 Å². The molecule has 270 valence electrons. The van der Waals surface area contributed by atoms with Gasteiger partial charge >= 0.3 is 5.97 Å². The zero-order valence-electron chi connectivity index (χ0n) is 29.2. The molecule has 4 aromatic carbocycles. The van der Waals surface area contributed by atoms with Crippen LogP contribution in [0.1, 0.15) is 89.5 Å². The molecule has 5 atom stereocenters. The second-order valence-corrected chi connectivity index (χ2v) is 15.8. The van der Waals surface area contributed by atoms with Gasteiger partial charge in [0.15, 0.2) is 10.7 Å². The summed E-state index contributed by atoms with van der Waals surface area (Å²) in [5.74, 6) is 8.40. The number of hydrogen-bond donors (Lipinski definition) is 6. The van der Waals surface area contributed by atoms with Gasteiger partial charge in [0.1, 0.15) is 34.3 Å². The Kier molecular flexibility index (Phi) is 7.70. The molecule has 2 saturated carbocycles. The first kappa shape index (κ1) is 33.6. The normalized spacial score (nSPS) is 26.6. The Morgan fingerprint density at radius 2 is 1.58 bits per heavy atom. The van der Waals surface area contributed by atoms with Gasteiger partial charge in [-0.2, -0.15) is 0 Å². The third-order valence-electron chi connectivity index (χ3n) is 12.7. The summed E-state index contributed by atoms with van der Waals surface area (Å²) in [6.45, 7) is 2.72. The maximum absolute atomic E-state index is 13.5. The topological polar surface area (TPSA) is 141 Å². The molecule has 0 unspecified atom stereocenters. The molecule has 0 aromatic heterocycles. The van der Waals surface area contributed by atoms with Crippen LogP contribution in [0.15, 0.2) is 72.8 Å². The number of benzene rings is 4. The standard InChI is InChI=1S/C43H40N2O7S/c1-41-17-14-30-29-10-6-26(46)20-24(29)4-9-31(30)33(41)15-18-42(41,50)16-2-3-19-44-40(53)45-25-5-11-34-32(21-25)39(49)52-43(34)35-12-7-27(47)22-37(35)51-38-23-28(48)8-13-36(38)43/h5-8,10-13,20-23,30-31,33,46-48,50H,3-4,9,14-15,17-19H2,1H3,(H2,44,45,53)/t30-,31-,33+,41+,42+/m1/s1. The molecule has 2 aliphatic heterocycles. The molecule has 10 heteroatoms. The summed E-state index contributed by atoms with van der Waals surface area (Å²) in [6.07, 6.45) is 6.14. The van der Waals surface area contributed by atoms with Crippen LogP contribution in [-0.4, -0.2) is 43.7 Å². The van der Waals surface area contributed by atoms with Gasteiger partial charge in [0.2, 0.25) is 0 Å².